The molecule has 0 atom stereocenters. The summed E-state index contributed by atoms with van der Waals surface area (Å²) >= 11 is 0. The summed E-state index contributed by atoms with van der Waals surface area (Å²) in [6.45, 7) is 7.87. The lowest BCUT2D eigenvalue weighted by molar-refractivity contribution is 0.669. The Bertz CT molecular complexity index is 4640. The van der Waals surface area contributed by atoms with Crippen molar-refractivity contribution in [3.63, 3.8) is 0 Å². The van der Waals surface area contributed by atoms with Gasteiger partial charge in [0.2, 0.25) is 0 Å². The van der Waals surface area contributed by atoms with Crippen molar-refractivity contribution >= 4 is 66.4 Å². The van der Waals surface area contributed by atoms with Gasteiger partial charge >= 0.3 is 0 Å². The first-order valence-electron chi connectivity index (χ1n) is 27.5. The van der Waals surface area contributed by atoms with E-state index in [0.29, 0.717) is 0 Å². The van der Waals surface area contributed by atoms with Crippen LogP contribution in [0.25, 0.3) is 122 Å². The molecule has 0 amide bonds. The summed E-state index contributed by atoms with van der Waals surface area (Å²) in [4.78, 5) is 2.33. The Morgan fingerprint density at radius 3 is 1.15 bits per heavy atom. The third-order valence-corrected chi connectivity index (χ3v) is 15.8. The van der Waals surface area contributed by atoms with Crippen molar-refractivity contribution in [2.75, 3.05) is 4.90 Å². The van der Waals surface area contributed by atoms with E-state index in [2.05, 4.69) is 308 Å². The van der Waals surface area contributed by atoms with E-state index >= 15 is 0 Å². The van der Waals surface area contributed by atoms with E-state index in [4.69, 9.17) is 4.42 Å². The van der Waals surface area contributed by atoms with Crippen LogP contribution in [-0.4, -0.2) is 4.57 Å². The molecule has 0 aliphatic heterocycles. The normalized spacial score (nSPS) is 11.6. The number of anilines is 3. The van der Waals surface area contributed by atoms with Gasteiger partial charge in [0.1, 0.15) is 11.2 Å². The Morgan fingerprint density at radius 2 is 0.679 bits per heavy atom. The van der Waals surface area contributed by atoms with Crippen LogP contribution >= 0.6 is 0 Å². The van der Waals surface area contributed by atoms with E-state index in [1.54, 1.807) is 6.08 Å². The quantitative estimate of drug-likeness (QED) is 0.107. The van der Waals surface area contributed by atoms with Crippen molar-refractivity contribution < 1.29 is 4.42 Å². The van der Waals surface area contributed by atoms with Gasteiger partial charge in [-0.25, -0.2) is 0 Å². The van der Waals surface area contributed by atoms with Gasteiger partial charge in [0.05, 0.1) is 11.0 Å². The lowest BCUT2D eigenvalue weighted by atomic mass is 9.97. The number of rotatable bonds is 13. The van der Waals surface area contributed by atoms with E-state index in [1.807, 2.05) is 12.2 Å². The summed E-state index contributed by atoms with van der Waals surface area (Å²) in [5.41, 5.74) is 24.6. The first-order valence-corrected chi connectivity index (χ1v) is 27.5. The molecule has 0 aliphatic rings. The molecule has 14 rings (SSSR count). The first-order chi connectivity index (χ1) is 40.0. The molecule has 2 heterocycles. The summed E-state index contributed by atoms with van der Waals surface area (Å²) in [5, 5.41) is 4.68. The van der Waals surface area contributed by atoms with Gasteiger partial charge in [-0.3, -0.25) is 0 Å². The van der Waals surface area contributed by atoms with E-state index in [9.17, 15) is 0 Å². The highest BCUT2D eigenvalue weighted by Crippen LogP contribution is 2.41. The smallest absolute Gasteiger partial charge is 0.135 e. The van der Waals surface area contributed by atoms with Crippen LogP contribution < -0.4 is 4.90 Å². The number of benzene rings is 12. The average Bonchev–Trinajstić information content (AvgIpc) is 4.25. The molecule has 2 aromatic heterocycles. The monoisotopic (exact) mass is 1030 g/mol. The fraction of sp³-hybridized carbons (Fsp3) is 0. The van der Waals surface area contributed by atoms with E-state index in [1.165, 1.54) is 49.6 Å². The first kappa shape index (κ1) is 48.6. The molecule has 0 fully saturated rings. The molecule has 3 heteroatoms. The van der Waals surface area contributed by atoms with Crippen LogP contribution in [0.4, 0.5) is 17.1 Å². The molecule has 0 aliphatic carbocycles. The molecule has 14 aromatic rings. The highest BCUT2D eigenvalue weighted by molar-refractivity contribution is 6.11. The van der Waals surface area contributed by atoms with Gasteiger partial charge in [-0.1, -0.05) is 226 Å². The molecular weight excluding hydrogens is 981 g/mol. The second kappa shape index (κ2) is 20.9. The number of hydrogen-bond donors (Lipinski definition) is 0. The molecule has 382 valence electrons. The molecule has 0 bridgehead atoms. The number of furan rings is 1. The molecule has 0 saturated heterocycles. The predicted molar refractivity (Wildman–Crippen MR) is 344 cm³/mol. The van der Waals surface area contributed by atoms with Crippen LogP contribution in [0.5, 0.6) is 0 Å². The third kappa shape index (κ3) is 9.23. The summed E-state index contributed by atoms with van der Waals surface area (Å²) < 4.78 is 8.82. The molecule has 0 N–H and O–H groups in total. The average molecular weight is 1040 g/mol. The lowest BCUT2D eigenvalue weighted by Gasteiger charge is -2.26. The van der Waals surface area contributed by atoms with Crippen LogP contribution in [0.2, 0.25) is 0 Å². The van der Waals surface area contributed by atoms with Crippen molar-refractivity contribution in [2.24, 2.45) is 0 Å². The number of para-hydroxylation sites is 2. The van der Waals surface area contributed by atoms with Crippen LogP contribution in [0.15, 0.2) is 321 Å². The van der Waals surface area contributed by atoms with Crippen LogP contribution in [0, 0.1) is 0 Å². The molecular formula is C78H54N2O. The molecule has 0 saturated carbocycles. The molecule has 3 nitrogen and oxygen atoms in total. The van der Waals surface area contributed by atoms with E-state index in [-0.39, 0.29) is 0 Å². The van der Waals surface area contributed by atoms with Gasteiger partial charge < -0.3 is 13.9 Å². The van der Waals surface area contributed by atoms with E-state index < -0.39 is 0 Å². The van der Waals surface area contributed by atoms with Crippen LogP contribution in [0.3, 0.4) is 0 Å². The summed E-state index contributed by atoms with van der Waals surface area (Å²) in [7, 11) is 0. The van der Waals surface area contributed by atoms with E-state index in [0.717, 1.165) is 94.8 Å². The van der Waals surface area contributed by atoms with Crippen molar-refractivity contribution in [1.82, 2.24) is 4.57 Å². The third-order valence-electron chi connectivity index (χ3n) is 15.8. The lowest BCUT2D eigenvalue weighted by Crippen LogP contribution is -2.09. The SMILES string of the molecule is C=C/C=C(\C=C)c1ccc(-c2ccc(N(c3ccc(-c4ccc(-c5ccccc5)cc4)cc3)c3ccc(-c4ccc5oc6ccc(-c7ccc(-c8ccc9c(c8)c8ccccc8n9-c8ccccc8)cc7)cc6c5c4)cc3)cc2)cc1. The minimum atomic E-state index is 0.870. The van der Waals surface area contributed by atoms with Gasteiger partial charge in [-0.15, -0.1) is 0 Å². The largest absolute Gasteiger partial charge is 0.456 e. The Balaban J connectivity index is 0.755. The topological polar surface area (TPSA) is 21.3 Å². The fourth-order valence-electron chi connectivity index (χ4n) is 11.6. The fourth-order valence-corrected chi connectivity index (χ4v) is 11.6. The van der Waals surface area contributed by atoms with Gasteiger partial charge in [-0.05, 0) is 169 Å². The highest BCUT2D eigenvalue weighted by atomic mass is 16.3. The maximum atomic E-state index is 6.46. The summed E-state index contributed by atoms with van der Waals surface area (Å²) in [6.07, 6.45) is 5.65. The maximum Gasteiger partial charge on any atom is 0.135 e. The van der Waals surface area contributed by atoms with Gasteiger partial charge in [-0.2, -0.15) is 0 Å². The van der Waals surface area contributed by atoms with Gasteiger partial charge in [0, 0.05) is 44.3 Å². The Morgan fingerprint density at radius 1 is 0.321 bits per heavy atom. The molecule has 81 heavy (non-hydrogen) atoms. The Kier molecular flexibility index (Phi) is 12.5. The van der Waals surface area contributed by atoms with Crippen molar-refractivity contribution in [3.05, 3.63) is 322 Å². The zero-order chi connectivity index (χ0) is 54.2. The second-order valence-electron chi connectivity index (χ2n) is 20.6. The van der Waals surface area contributed by atoms with Crippen LogP contribution in [0.1, 0.15) is 5.56 Å². The minimum absolute atomic E-state index is 0.870. The molecule has 0 spiro atoms. The summed E-state index contributed by atoms with van der Waals surface area (Å²) in [6, 6.07) is 103. The van der Waals surface area contributed by atoms with Crippen molar-refractivity contribution in [1.29, 1.82) is 0 Å². The molecule has 0 unspecified atom stereocenters. The number of fused-ring (bicyclic) bond motifs is 6. The van der Waals surface area contributed by atoms with Crippen molar-refractivity contribution in [2.45, 2.75) is 0 Å². The zero-order valence-electron chi connectivity index (χ0n) is 44.6. The standard InChI is InChI=1S/C78H54N2O/c1-3-13-53(4-2)55-20-22-57(23-21-55)59-32-41-68(42-33-59)79(69-43-34-60(35-44-69)58-26-24-56(25-27-58)54-14-7-5-8-15-54)70-45-36-63(37-46-70)66-40-49-78-74(52-66)73-51-65(39-48-77(73)81-78)62-30-28-61(29-31-62)64-38-47-76-72(50-64)71-18-11-12-19-75(71)80(76)67-16-9-6-10-17-67/h3-52H,1-2H2/b53-13+. The van der Waals surface area contributed by atoms with Gasteiger partial charge in [0.15, 0.2) is 0 Å². The number of aromatic nitrogens is 1. The summed E-state index contributed by atoms with van der Waals surface area (Å²) in [5.74, 6) is 0. The Hall–Kier alpha value is -10.7. The maximum absolute atomic E-state index is 6.46. The molecule has 12 aromatic carbocycles. The van der Waals surface area contributed by atoms with Gasteiger partial charge in [0.25, 0.3) is 0 Å². The van der Waals surface area contributed by atoms with Crippen LogP contribution in [-0.2, 0) is 0 Å². The molecule has 0 radical (unpaired) electrons. The minimum Gasteiger partial charge on any atom is -0.456 e. The van der Waals surface area contributed by atoms with Crippen molar-refractivity contribution in [3.8, 4) is 72.4 Å². The number of hydrogen-bond acceptors (Lipinski definition) is 2. The second-order valence-corrected chi connectivity index (χ2v) is 20.6. The number of allylic oxidation sites excluding steroid dienone is 4. The predicted octanol–water partition coefficient (Wildman–Crippen LogP) is 21.9. The Labute approximate surface area is 472 Å². The number of nitrogens with zero attached hydrogens (tertiary/aromatic N) is 2. The highest BCUT2D eigenvalue weighted by Gasteiger charge is 2.17. The zero-order valence-corrected chi connectivity index (χ0v) is 44.6.